The van der Waals surface area contributed by atoms with Crippen LogP contribution in [0.3, 0.4) is 0 Å². The Balaban J connectivity index is 1.71. The van der Waals surface area contributed by atoms with Crippen LogP contribution in [-0.4, -0.2) is 16.5 Å². The highest BCUT2D eigenvalue weighted by atomic mass is 14.9. The van der Waals surface area contributed by atoms with Crippen LogP contribution >= 0.6 is 0 Å². The Morgan fingerprint density at radius 1 is 1.12 bits per heavy atom. The van der Waals surface area contributed by atoms with Gasteiger partial charge in [-0.2, -0.15) is 0 Å². The molecule has 0 unspecified atom stereocenters. The summed E-state index contributed by atoms with van der Waals surface area (Å²) in [4.78, 5) is 8.55. The van der Waals surface area contributed by atoms with E-state index in [4.69, 9.17) is 0 Å². The van der Waals surface area contributed by atoms with E-state index in [1.54, 1.807) is 0 Å². The number of nitrogens with zero attached hydrogens (tertiary/aromatic N) is 2. The SMILES string of the molecule is Cc1ccc(CNCCc2ccccn2)cn1. The van der Waals surface area contributed by atoms with E-state index in [2.05, 4.69) is 27.4 Å². The van der Waals surface area contributed by atoms with Gasteiger partial charge in [0.2, 0.25) is 0 Å². The third kappa shape index (κ3) is 3.96. The second-order valence-electron chi connectivity index (χ2n) is 4.06. The van der Waals surface area contributed by atoms with Gasteiger partial charge < -0.3 is 5.32 Å². The monoisotopic (exact) mass is 227 g/mol. The molecule has 0 aliphatic heterocycles. The molecule has 3 nitrogen and oxygen atoms in total. The number of aromatic nitrogens is 2. The summed E-state index contributed by atoms with van der Waals surface area (Å²) in [5.74, 6) is 0. The molecule has 0 aromatic carbocycles. The van der Waals surface area contributed by atoms with Gasteiger partial charge in [-0.1, -0.05) is 12.1 Å². The van der Waals surface area contributed by atoms with Gasteiger partial charge in [0.1, 0.15) is 0 Å². The standard InChI is InChI=1S/C14H17N3/c1-12-5-6-13(11-17-12)10-15-9-7-14-4-2-3-8-16-14/h2-6,8,11,15H,7,9-10H2,1H3. The molecular formula is C14H17N3. The summed E-state index contributed by atoms with van der Waals surface area (Å²) in [7, 11) is 0. The Labute approximate surface area is 102 Å². The molecule has 88 valence electrons. The van der Waals surface area contributed by atoms with Crippen LogP contribution in [0.25, 0.3) is 0 Å². The zero-order valence-corrected chi connectivity index (χ0v) is 10.1. The van der Waals surface area contributed by atoms with Crippen LogP contribution < -0.4 is 5.32 Å². The van der Waals surface area contributed by atoms with Crippen molar-refractivity contribution in [2.75, 3.05) is 6.54 Å². The average Bonchev–Trinajstić information content (AvgIpc) is 2.38. The summed E-state index contributed by atoms with van der Waals surface area (Å²) in [6.45, 7) is 3.79. The number of hydrogen-bond donors (Lipinski definition) is 1. The molecule has 0 bridgehead atoms. The predicted octanol–water partition coefficient (Wildman–Crippen LogP) is 2.12. The van der Waals surface area contributed by atoms with Crippen molar-refractivity contribution in [2.45, 2.75) is 19.9 Å². The van der Waals surface area contributed by atoms with E-state index >= 15 is 0 Å². The molecule has 1 N–H and O–H groups in total. The van der Waals surface area contributed by atoms with Crippen molar-refractivity contribution >= 4 is 0 Å². The largest absolute Gasteiger partial charge is 0.312 e. The highest BCUT2D eigenvalue weighted by Gasteiger charge is 1.95. The Hall–Kier alpha value is -1.74. The van der Waals surface area contributed by atoms with E-state index < -0.39 is 0 Å². The van der Waals surface area contributed by atoms with Crippen molar-refractivity contribution in [3.05, 3.63) is 59.7 Å². The van der Waals surface area contributed by atoms with E-state index in [1.165, 1.54) is 5.56 Å². The number of nitrogens with one attached hydrogen (secondary N) is 1. The first-order valence-electron chi connectivity index (χ1n) is 5.87. The molecule has 0 aliphatic rings. The Bertz CT molecular complexity index is 437. The van der Waals surface area contributed by atoms with E-state index in [9.17, 15) is 0 Å². The summed E-state index contributed by atoms with van der Waals surface area (Å²) in [6.07, 6.45) is 4.71. The predicted molar refractivity (Wildman–Crippen MR) is 68.6 cm³/mol. The summed E-state index contributed by atoms with van der Waals surface area (Å²) in [5.41, 5.74) is 3.40. The van der Waals surface area contributed by atoms with Crippen LogP contribution in [0.15, 0.2) is 42.7 Å². The van der Waals surface area contributed by atoms with Crippen molar-refractivity contribution in [3.8, 4) is 0 Å². The van der Waals surface area contributed by atoms with Crippen LogP contribution in [-0.2, 0) is 13.0 Å². The summed E-state index contributed by atoms with van der Waals surface area (Å²) in [6, 6.07) is 10.2. The minimum atomic E-state index is 0.861. The Morgan fingerprint density at radius 2 is 2.06 bits per heavy atom. The molecule has 0 amide bonds. The van der Waals surface area contributed by atoms with Gasteiger partial charge in [0, 0.05) is 43.3 Å². The Kier molecular flexibility index (Phi) is 4.22. The maximum atomic E-state index is 4.28. The molecule has 2 heterocycles. The minimum absolute atomic E-state index is 0.861. The quantitative estimate of drug-likeness (QED) is 0.795. The zero-order chi connectivity index (χ0) is 11.9. The van der Waals surface area contributed by atoms with Crippen molar-refractivity contribution in [1.29, 1.82) is 0 Å². The normalized spacial score (nSPS) is 10.4. The molecule has 17 heavy (non-hydrogen) atoms. The van der Waals surface area contributed by atoms with Gasteiger partial charge in [0.15, 0.2) is 0 Å². The van der Waals surface area contributed by atoms with Gasteiger partial charge in [-0.05, 0) is 30.7 Å². The molecule has 0 atom stereocenters. The zero-order valence-electron chi connectivity index (χ0n) is 10.1. The fraction of sp³-hybridized carbons (Fsp3) is 0.286. The number of rotatable bonds is 5. The van der Waals surface area contributed by atoms with Crippen LogP contribution in [0.1, 0.15) is 17.0 Å². The van der Waals surface area contributed by atoms with E-state index in [-0.39, 0.29) is 0 Å². The highest BCUT2D eigenvalue weighted by molar-refractivity contribution is 5.12. The lowest BCUT2D eigenvalue weighted by Gasteiger charge is -2.04. The molecule has 0 radical (unpaired) electrons. The lowest BCUT2D eigenvalue weighted by molar-refractivity contribution is 0.678. The van der Waals surface area contributed by atoms with Gasteiger partial charge in [0.25, 0.3) is 0 Å². The average molecular weight is 227 g/mol. The van der Waals surface area contributed by atoms with Gasteiger partial charge in [-0.15, -0.1) is 0 Å². The van der Waals surface area contributed by atoms with Gasteiger partial charge in [-0.3, -0.25) is 9.97 Å². The van der Waals surface area contributed by atoms with Crippen molar-refractivity contribution in [2.24, 2.45) is 0 Å². The maximum absolute atomic E-state index is 4.28. The first-order valence-corrected chi connectivity index (χ1v) is 5.87. The number of pyridine rings is 2. The Morgan fingerprint density at radius 3 is 2.76 bits per heavy atom. The lowest BCUT2D eigenvalue weighted by Crippen LogP contribution is -2.17. The molecule has 0 saturated carbocycles. The first-order chi connectivity index (χ1) is 8.34. The van der Waals surface area contributed by atoms with Crippen molar-refractivity contribution in [3.63, 3.8) is 0 Å². The molecule has 2 aromatic heterocycles. The van der Waals surface area contributed by atoms with Gasteiger partial charge >= 0.3 is 0 Å². The minimum Gasteiger partial charge on any atom is -0.312 e. The van der Waals surface area contributed by atoms with Crippen LogP contribution in [0.2, 0.25) is 0 Å². The van der Waals surface area contributed by atoms with Crippen LogP contribution in [0.5, 0.6) is 0 Å². The fourth-order valence-electron chi connectivity index (χ4n) is 1.60. The lowest BCUT2D eigenvalue weighted by atomic mass is 10.2. The molecule has 0 saturated heterocycles. The molecule has 0 fully saturated rings. The molecule has 0 aliphatic carbocycles. The highest BCUT2D eigenvalue weighted by Crippen LogP contribution is 1.99. The first kappa shape index (κ1) is 11.7. The maximum Gasteiger partial charge on any atom is 0.0416 e. The van der Waals surface area contributed by atoms with E-state index in [0.717, 1.165) is 30.9 Å². The number of aryl methyl sites for hydroxylation is 1. The van der Waals surface area contributed by atoms with Crippen LogP contribution in [0.4, 0.5) is 0 Å². The van der Waals surface area contributed by atoms with Gasteiger partial charge in [0.05, 0.1) is 0 Å². The van der Waals surface area contributed by atoms with Crippen LogP contribution in [0, 0.1) is 6.92 Å². The third-order valence-corrected chi connectivity index (χ3v) is 2.59. The molecule has 3 heteroatoms. The summed E-state index contributed by atoms with van der Waals surface area (Å²) < 4.78 is 0. The second-order valence-corrected chi connectivity index (χ2v) is 4.06. The topological polar surface area (TPSA) is 37.8 Å². The van der Waals surface area contributed by atoms with E-state index in [1.807, 2.05) is 37.5 Å². The van der Waals surface area contributed by atoms with E-state index in [0.29, 0.717) is 0 Å². The van der Waals surface area contributed by atoms with Crippen molar-refractivity contribution < 1.29 is 0 Å². The molecular weight excluding hydrogens is 210 g/mol. The number of hydrogen-bond acceptors (Lipinski definition) is 3. The summed E-state index contributed by atoms with van der Waals surface area (Å²) >= 11 is 0. The van der Waals surface area contributed by atoms with Crippen molar-refractivity contribution in [1.82, 2.24) is 15.3 Å². The smallest absolute Gasteiger partial charge is 0.0416 e. The second kappa shape index (κ2) is 6.11. The molecule has 2 rings (SSSR count). The summed E-state index contributed by atoms with van der Waals surface area (Å²) in [5, 5.41) is 3.39. The molecule has 2 aromatic rings. The molecule has 0 spiro atoms. The van der Waals surface area contributed by atoms with Gasteiger partial charge in [-0.25, -0.2) is 0 Å². The fourth-order valence-corrected chi connectivity index (χ4v) is 1.60. The third-order valence-electron chi connectivity index (χ3n) is 2.59.